The molecular formula is C29H25NO2. The molecule has 0 aromatic heterocycles. The second kappa shape index (κ2) is 9.85. The predicted octanol–water partition coefficient (Wildman–Crippen LogP) is 6.21. The van der Waals surface area contributed by atoms with Gasteiger partial charge >= 0.3 is 0 Å². The molecule has 0 unspecified atom stereocenters. The third-order valence-electron chi connectivity index (χ3n) is 5.58. The molecule has 0 saturated heterocycles. The van der Waals surface area contributed by atoms with Crippen LogP contribution in [0.1, 0.15) is 18.9 Å². The fourth-order valence-electron chi connectivity index (χ4n) is 3.82. The van der Waals surface area contributed by atoms with Gasteiger partial charge in [-0.15, -0.1) is 0 Å². The molecule has 1 atom stereocenters. The second-order valence-corrected chi connectivity index (χ2v) is 7.51. The van der Waals surface area contributed by atoms with Crippen LogP contribution in [0.15, 0.2) is 103 Å². The van der Waals surface area contributed by atoms with Gasteiger partial charge in [0.1, 0.15) is 17.8 Å². The highest BCUT2D eigenvalue weighted by Crippen LogP contribution is 2.31. The van der Waals surface area contributed by atoms with E-state index in [2.05, 4.69) is 17.2 Å². The number of carbonyl (C=O) groups excluding carboxylic acids is 1. The van der Waals surface area contributed by atoms with Crippen molar-refractivity contribution in [3.63, 3.8) is 0 Å². The number of hydrogen-bond donors (Lipinski definition) is 1. The number of nitrogens with one attached hydrogen (secondary N) is 1. The van der Waals surface area contributed by atoms with Crippen molar-refractivity contribution >= 4 is 22.4 Å². The molecule has 0 heterocycles. The lowest BCUT2D eigenvalue weighted by Crippen LogP contribution is -2.39. The highest BCUT2D eigenvalue weighted by atomic mass is 16.5. The largest absolute Gasteiger partial charge is 0.481 e. The Morgan fingerprint density at radius 2 is 1.50 bits per heavy atom. The molecule has 0 aliphatic carbocycles. The van der Waals surface area contributed by atoms with Gasteiger partial charge in [-0.25, -0.2) is 0 Å². The molecule has 4 rings (SSSR count). The summed E-state index contributed by atoms with van der Waals surface area (Å²) in [6.45, 7) is 2.20. The highest BCUT2D eigenvalue weighted by molar-refractivity contribution is 6.07. The van der Waals surface area contributed by atoms with E-state index >= 15 is 0 Å². The van der Waals surface area contributed by atoms with Gasteiger partial charge in [-0.05, 0) is 35.6 Å². The zero-order valence-corrected chi connectivity index (χ0v) is 18.0. The summed E-state index contributed by atoms with van der Waals surface area (Å²) in [5, 5.41) is 5.23. The molecule has 0 spiro atoms. The minimum atomic E-state index is -0.988. The fraction of sp³-hybridized carbons (Fsp3) is 0.138. The van der Waals surface area contributed by atoms with Crippen molar-refractivity contribution in [2.24, 2.45) is 0 Å². The van der Waals surface area contributed by atoms with Crippen molar-refractivity contribution in [2.75, 3.05) is 11.9 Å². The van der Waals surface area contributed by atoms with Crippen LogP contribution in [-0.2, 0) is 10.2 Å². The average molecular weight is 420 g/mol. The van der Waals surface area contributed by atoms with E-state index in [9.17, 15) is 4.79 Å². The number of fused-ring (bicyclic) bond motifs is 1. The van der Waals surface area contributed by atoms with E-state index in [1.165, 1.54) is 0 Å². The van der Waals surface area contributed by atoms with Crippen molar-refractivity contribution < 1.29 is 9.53 Å². The van der Waals surface area contributed by atoms with E-state index in [1.807, 2.05) is 110 Å². The summed E-state index contributed by atoms with van der Waals surface area (Å²) < 4.78 is 5.73. The van der Waals surface area contributed by atoms with Gasteiger partial charge in [0.15, 0.2) is 0 Å². The summed E-state index contributed by atoms with van der Waals surface area (Å²) in [4.78, 5) is 13.7. The van der Waals surface area contributed by atoms with E-state index in [0.29, 0.717) is 6.42 Å². The van der Waals surface area contributed by atoms with Gasteiger partial charge < -0.3 is 10.1 Å². The smallest absolute Gasteiger partial charge is 0.247 e. The minimum Gasteiger partial charge on any atom is -0.481 e. The monoisotopic (exact) mass is 419 g/mol. The van der Waals surface area contributed by atoms with E-state index in [4.69, 9.17) is 4.74 Å². The van der Waals surface area contributed by atoms with Gasteiger partial charge in [0.25, 0.3) is 0 Å². The lowest BCUT2D eigenvalue weighted by molar-refractivity contribution is -0.119. The molecule has 0 bridgehead atoms. The molecular weight excluding hydrogens is 394 g/mol. The summed E-state index contributed by atoms with van der Waals surface area (Å²) in [6.07, 6.45) is 0.534. The number of benzene rings is 4. The van der Waals surface area contributed by atoms with Gasteiger partial charge in [0.05, 0.1) is 0 Å². The summed E-state index contributed by atoms with van der Waals surface area (Å²) in [7, 11) is 0. The normalized spacial score (nSPS) is 12.3. The maximum Gasteiger partial charge on any atom is 0.247 e. The van der Waals surface area contributed by atoms with E-state index in [-0.39, 0.29) is 12.5 Å². The quantitative estimate of drug-likeness (QED) is 0.377. The van der Waals surface area contributed by atoms with Crippen molar-refractivity contribution in [3.05, 3.63) is 109 Å². The fourth-order valence-corrected chi connectivity index (χ4v) is 3.82. The van der Waals surface area contributed by atoms with Gasteiger partial charge in [0.2, 0.25) is 5.91 Å². The molecule has 0 saturated carbocycles. The molecule has 1 N–H and O–H groups in total. The van der Waals surface area contributed by atoms with Crippen LogP contribution in [0, 0.1) is 11.8 Å². The van der Waals surface area contributed by atoms with Crippen LogP contribution in [0.25, 0.3) is 10.8 Å². The van der Waals surface area contributed by atoms with Crippen LogP contribution < -0.4 is 10.1 Å². The van der Waals surface area contributed by atoms with Gasteiger partial charge in [-0.2, -0.15) is 0 Å². The van der Waals surface area contributed by atoms with Crippen molar-refractivity contribution in [2.45, 2.75) is 18.8 Å². The van der Waals surface area contributed by atoms with E-state index in [0.717, 1.165) is 27.8 Å². The second-order valence-electron chi connectivity index (χ2n) is 7.51. The number of para-hydroxylation sites is 1. The third-order valence-corrected chi connectivity index (χ3v) is 5.58. The summed E-state index contributed by atoms with van der Waals surface area (Å²) in [6, 6.07) is 33.2. The molecule has 4 aromatic carbocycles. The maximum absolute atomic E-state index is 13.7. The SMILES string of the molecule is CC[C@](C#CCOc1ccccc1)(C(=O)Nc1cccc2ccccc12)c1ccccc1. The molecule has 0 radical (unpaired) electrons. The third kappa shape index (κ3) is 4.50. The van der Waals surface area contributed by atoms with Crippen molar-refractivity contribution in [1.82, 2.24) is 0 Å². The minimum absolute atomic E-state index is 0.144. The summed E-state index contributed by atoms with van der Waals surface area (Å²) >= 11 is 0. The highest BCUT2D eigenvalue weighted by Gasteiger charge is 2.37. The Morgan fingerprint density at radius 3 is 2.25 bits per heavy atom. The molecule has 4 aromatic rings. The number of ether oxygens (including phenoxy) is 1. The Morgan fingerprint density at radius 1 is 0.844 bits per heavy atom. The van der Waals surface area contributed by atoms with Crippen LogP contribution >= 0.6 is 0 Å². The van der Waals surface area contributed by atoms with Crippen molar-refractivity contribution in [1.29, 1.82) is 0 Å². The number of hydrogen-bond acceptors (Lipinski definition) is 2. The van der Waals surface area contributed by atoms with Crippen LogP contribution in [-0.4, -0.2) is 12.5 Å². The van der Waals surface area contributed by atoms with Gasteiger partial charge in [-0.1, -0.05) is 104 Å². The molecule has 0 fully saturated rings. The zero-order chi connectivity index (χ0) is 22.2. The number of anilines is 1. The Labute approximate surface area is 189 Å². The Kier molecular flexibility index (Phi) is 6.53. The summed E-state index contributed by atoms with van der Waals surface area (Å²) in [5.74, 6) is 6.96. The number of amides is 1. The first kappa shape index (κ1) is 21.2. The molecule has 0 aliphatic rings. The molecule has 3 nitrogen and oxygen atoms in total. The van der Waals surface area contributed by atoms with Crippen LogP contribution in [0.5, 0.6) is 5.75 Å². The van der Waals surface area contributed by atoms with Crippen LogP contribution in [0.3, 0.4) is 0 Å². The first-order valence-corrected chi connectivity index (χ1v) is 10.8. The first-order chi connectivity index (χ1) is 15.7. The molecule has 3 heteroatoms. The zero-order valence-electron chi connectivity index (χ0n) is 18.0. The molecule has 1 amide bonds. The maximum atomic E-state index is 13.7. The molecule has 0 aliphatic heterocycles. The molecule has 158 valence electrons. The van der Waals surface area contributed by atoms with Crippen LogP contribution in [0.2, 0.25) is 0 Å². The van der Waals surface area contributed by atoms with E-state index in [1.54, 1.807) is 0 Å². The average Bonchev–Trinajstić information content (AvgIpc) is 2.86. The topological polar surface area (TPSA) is 38.3 Å². The standard InChI is InChI=1S/C29H25NO2/c1-2-29(24-15-5-3-6-16-24,21-12-22-32-25-17-7-4-8-18-25)28(31)30-27-20-11-14-23-13-9-10-19-26(23)27/h3-11,13-20H,2,22H2,1H3,(H,30,31)/t29-/m1/s1. The Bertz CT molecular complexity index is 1250. The summed E-state index contributed by atoms with van der Waals surface area (Å²) in [5.41, 5.74) is 0.662. The predicted molar refractivity (Wildman–Crippen MR) is 131 cm³/mol. The lowest BCUT2D eigenvalue weighted by Gasteiger charge is -2.27. The Balaban J connectivity index is 1.66. The lowest BCUT2D eigenvalue weighted by atomic mass is 9.77. The van der Waals surface area contributed by atoms with Gasteiger partial charge in [0, 0.05) is 11.1 Å². The Hall–Kier alpha value is -4.03. The number of rotatable bonds is 6. The first-order valence-electron chi connectivity index (χ1n) is 10.8. The molecule has 32 heavy (non-hydrogen) atoms. The van der Waals surface area contributed by atoms with E-state index < -0.39 is 5.41 Å². The number of carbonyl (C=O) groups is 1. The van der Waals surface area contributed by atoms with Crippen LogP contribution in [0.4, 0.5) is 5.69 Å². The van der Waals surface area contributed by atoms with Gasteiger partial charge in [-0.3, -0.25) is 4.79 Å². The van der Waals surface area contributed by atoms with Crippen molar-refractivity contribution in [3.8, 4) is 17.6 Å².